The molecule has 1 amide bonds. The van der Waals surface area contributed by atoms with E-state index in [9.17, 15) is 4.79 Å². The minimum absolute atomic E-state index is 0.431. The molecular weight excluding hydrogens is 350 g/mol. The van der Waals surface area contributed by atoms with E-state index in [1.807, 2.05) is 45.0 Å². The third-order valence-electron chi connectivity index (χ3n) is 4.74. The van der Waals surface area contributed by atoms with Crippen LogP contribution in [0.1, 0.15) is 39.2 Å². The predicted octanol–water partition coefficient (Wildman–Crippen LogP) is 5.11. The number of nitrogens with one attached hydrogen (secondary N) is 2. The van der Waals surface area contributed by atoms with Gasteiger partial charge in [0.1, 0.15) is 5.60 Å². The van der Waals surface area contributed by atoms with Crippen molar-refractivity contribution in [1.82, 2.24) is 4.90 Å². The molecule has 1 fully saturated rings. The summed E-state index contributed by atoms with van der Waals surface area (Å²) in [5, 5.41) is 6.38. The molecular formula is C23H31N3O2. The van der Waals surface area contributed by atoms with E-state index in [0.717, 1.165) is 43.9 Å². The van der Waals surface area contributed by atoms with Crippen molar-refractivity contribution in [2.24, 2.45) is 0 Å². The van der Waals surface area contributed by atoms with Gasteiger partial charge in [-0.2, -0.15) is 0 Å². The SMILES string of the molecule is CC(C)(C)OC(=O)Nc1ccc(NC2CCN(Cc3ccccc3)CC2)cc1. The third kappa shape index (κ3) is 6.57. The summed E-state index contributed by atoms with van der Waals surface area (Å²) in [4.78, 5) is 14.4. The van der Waals surface area contributed by atoms with Crippen molar-refractivity contribution in [3.63, 3.8) is 0 Å². The number of anilines is 2. The molecule has 28 heavy (non-hydrogen) atoms. The molecule has 3 rings (SSSR count). The summed E-state index contributed by atoms with van der Waals surface area (Å²) in [6.07, 6.45) is 1.83. The van der Waals surface area contributed by atoms with Crippen molar-refractivity contribution in [3.8, 4) is 0 Å². The molecule has 0 radical (unpaired) electrons. The van der Waals surface area contributed by atoms with Crippen LogP contribution in [0.2, 0.25) is 0 Å². The van der Waals surface area contributed by atoms with E-state index in [0.29, 0.717) is 6.04 Å². The van der Waals surface area contributed by atoms with Crippen molar-refractivity contribution in [2.75, 3.05) is 23.7 Å². The number of amides is 1. The number of hydrogen-bond donors (Lipinski definition) is 2. The molecule has 150 valence electrons. The molecule has 1 aliphatic rings. The number of carbonyl (C=O) groups is 1. The Morgan fingerprint density at radius 3 is 2.21 bits per heavy atom. The lowest BCUT2D eigenvalue weighted by atomic mass is 10.0. The monoisotopic (exact) mass is 381 g/mol. The van der Waals surface area contributed by atoms with Crippen LogP contribution in [0.3, 0.4) is 0 Å². The fourth-order valence-electron chi connectivity index (χ4n) is 3.38. The first-order valence-corrected chi connectivity index (χ1v) is 10.0. The highest BCUT2D eigenvalue weighted by atomic mass is 16.6. The first-order chi connectivity index (χ1) is 13.4. The normalized spacial score (nSPS) is 15.8. The highest BCUT2D eigenvalue weighted by Crippen LogP contribution is 2.20. The first kappa shape index (κ1) is 20.2. The van der Waals surface area contributed by atoms with Crippen LogP contribution in [0.5, 0.6) is 0 Å². The zero-order valence-electron chi connectivity index (χ0n) is 17.1. The number of carbonyl (C=O) groups excluding carboxylic acids is 1. The molecule has 0 saturated carbocycles. The highest BCUT2D eigenvalue weighted by molar-refractivity contribution is 5.85. The van der Waals surface area contributed by atoms with Crippen LogP contribution in [0.15, 0.2) is 54.6 Å². The molecule has 0 spiro atoms. The van der Waals surface area contributed by atoms with Crippen molar-refractivity contribution >= 4 is 17.5 Å². The Morgan fingerprint density at radius 1 is 1.00 bits per heavy atom. The van der Waals surface area contributed by atoms with Gasteiger partial charge < -0.3 is 10.1 Å². The van der Waals surface area contributed by atoms with Crippen LogP contribution in [0, 0.1) is 0 Å². The summed E-state index contributed by atoms with van der Waals surface area (Å²) in [5.41, 5.74) is 2.69. The Labute approximate surface area is 168 Å². The van der Waals surface area contributed by atoms with Crippen LogP contribution in [0.4, 0.5) is 16.2 Å². The van der Waals surface area contributed by atoms with Crippen molar-refractivity contribution in [3.05, 3.63) is 60.2 Å². The second kappa shape index (κ2) is 9.11. The summed E-state index contributed by atoms with van der Waals surface area (Å²) < 4.78 is 5.28. The van der Waals surface area contributed by atoms with Gasteiger partial charge in [0.25, 0.3) is 0 Å². The predicted molar refractivity (Wildman–Crippen MR) is 115 cm³/mol. The first-order valence-electron chi connectivity index (χ1n) is 10.0. The third-order valence-corrected chi connectivity index (χ3v) is 4.74. The molecule has 2 N–H and O–H groups in total. The number of hydrogen-bond acceptors (Lipinski definition) is 4. The van der Waals surface area contributed by atoms with E-state index in [4.69, 9.17) is 4.74 Å². The van der Waals surface area contributed by atoms with E-state index in [2.05, 4.69) is 45.9 Å². The Bertz CT molecular complexity index is 746. The Hall–Kier alpha value is -2.53. The molecule has 5 nitrogen and oxygen atoms in total. The molecule has 0 atom stereocenters. The van der Waals surface area contributed by atoms with Gasteiger partial charge in [-0.3, -0.25) is 10.2 Å². The van der Waals surface area contributed by atoms with Crippen LogP contribution in [-0.2, 0) is 11.3 Å². The summed E-state index contributed by atoms with van der Waals surface area (Å²) in [6.45, 7) is 8.79. The Balaban J connectivity index is 1.43. The number of benzene rings is 2. The van der Waals surface area contributed by atoms with Crippen LogP contribution >= 0.6 is 0 Å². The summed E-state index contributed by atoms with van der Waals surface area (Å²) >= 11 is 0. The maximum Gasteiger partial charge on any atom is 0.412 e. The van der Waals surface area contributed by atoms with Crippen molar-refractivity contribution in [1.29, 1.82) is 0 Å². The van der Waals surface area contributed by atoms with Crippen LogP contribution in [0.25, 0.3) is 0 Å². The van der Waals surface area contributed by atoms with Gasteiger partial charge in [-0.05, 0) is 63.4 Å². The molecule has 1 saturated heterocycles. The average Bonchev–Trinajstić information content (AvgIpc) is 2.64. The molecule has 0 aliphatic carbocycles. The zero-order chi connectivity index (χ0) is 20.0. The highest BCUT2D eigenvalue weighted by Gasteiger charge is 2.19. The molecule has 0 unspecified atom stereocenters. The standard InChI is InChI=1S/C23H31N3O2/c1-23(2,3)28-22(27)25-20-11-9-19(10-12-20)24-21-13-15-26(16-14-21)17-18-7-5-4-6-8-18/h4-12,21,24H,13-17H2,1-3H3,(H,25,27). The summed E-state index contributed by atoms with van der Waals surface area (Å²) in [6, 6.07) is 18.9. The minimum Gasteiger partial charge on any atom is -0.444 e. The fraction of sp³-hybridized carbons (Fsp3) is 0.435. The molecule has 1 aliphatic heterocycles. The largest absolute Gasteiger partial charge is 0.444 e. The quantitative estimate of drug-likeness (QED) is 0.756. The number of piperidine rings is 1. The molecule has 5 heteroatoms. The lowest BCUT2D eigenvalue weighted by Crippen LogP contribution is -2.38. The number of likely N-dealkylation sites (tertiary alicyclic amines) is 1. The van der Waals surface area contributed by atoms with Gasteiger partial charge in [-0.15, -0.1) is 0 Å². The topological polar surface area (TPSA) is 53.6 Å². The molecule has 2 aromatic rings. The van der Waals surface area contributed by atoms with E-state index >= 15 is 0 Å². The van der Waals surface area contributed by atoms with Gasteiger partial charge in [-0.25, -0.2) is 4.79 Å². The minimum atomic E-state index is -0.499. The molecule has 0 aromatic heterocycles. The maximum absolute atomic E-state index is 11.8. The summed E-state index contributed by atoms with van der Waals surface area (Å²) in [7, 11) is 0. The second-order valence-corrected chi connectivity index (χ2v) is 8.38. The van der Waals surface area contributed by atoms with Gasteiger partial charge in [0.05, 0.1) is 0 Å². The van der Waals surface area contributed by atoms with Gasteiger partial charge in [0.15, 0.2) is 0 Å². The lowest BCUT2D eigenvalue weighted by Gasteiger charge is -2.33. The van der Waals surface area contributed by atoms with Crippen LogP contribution < -0.4 is 10.6 Å². The Kier molecular flexibility index (Phi) is 6.57. The average molecular weight is 382 g/mol. The smallest absolute Gasteiger partial charge is 0.412 e. The van der Waals surface area contributed by atoms with Gasteiger partial charge in [0, 0.05) is 37.1 Å². The summed E-state index contributed by atoms with van der Waals surface area (Å²) in [5.74, 6) is 0. The van der Waals surface area contributed by atoms with Crippen LogP contribution in [-0.4, -0.2) is 35.7 Å². The number of rotatable bonds is 5. The fourth-order valence-corrected chi connectivity index (χ4v) is 3.38. The molecule has 1 heterocycles. The maximum atomic E-state index is 11.8. The van der Waals surface area contributed by atoms with Gasteiger partial charge in [-0.1, -0.05) is 30.3 Å². The number of nitrogens with zero attached hydrogens (tertiary/aromatic N) is 1. The van der Waals surface area contributed by atoms with Gasteiger partial charge >= 0.3 is 6.09 Å². The molecule has 0 bridgehead atoms. The van der Waals surface area contributed by atoms with Crippen molar-refractivity contribution < 1.29 is 9.53 Å². The van der Waals surface area contributed by atoms with E-state index in [1.165, 1.54) is 5.56 Å². The van der Waals surface area contributed by atoms with E-state index in [-0.39, 0.29) is 0 Å². The van der Waals surface area contributed by atoms with Gasteiger partial charge in [0.2, 0.25) is 0 Å². The van der Waals surface area contributed by atoms with E-state index < -0.39 is 11.7 Å². The Morgan fingerprint density at radius 2 is 1.61 bits per heavy atom. The lowest BCUT2D eigenvalue weighted by molar-refractivity contribution is 0.0636. The van der Waals surface area contributed by atoms with Crippen molar-refractivity contribution in [2.45, 2.75) is 51.8 Å². The van der Waals surface area contributed by atoms with E-state index in [1.54, 1.807) is 0 Å². The zero-order valence-corrected chi connectivity index (χ0v) is 17.1. The second-order valence-electron chi connectivity index (χ2n) is 8.38. The number of ether oxygens (including phenoxy) is 1. The molecule has 2 aromatic carbocycles.